The summed E-state index contributed by atoms with van der Waals surface area (Å²) in [5, 5.41) is 24.9. The van der Waals surface area contributed by atoms with Gasteiger partial charge in [-0.3, -0.25) is 38.5 Å². The van der Waals surface area contributed by atoms with Crippen molar-refractivity contribution >= 4 is 47.4 Å². The van der Waals surface area contributed by atoms with E-state index in [0.29, 0.717) is 24.8 Å². The molecule has 1 saturated heterocycles. The molecule has 8 amide bonds. The van der Waals surface area contributed by atoms with Gasteiger partial charge in [-0.2, -0.15) is 0 Å². The summed E-state index contributed by atoms with van der Waals surface area (Å²) in [6.45, 7) is 11.3. The van der Waals surface area contributed by atoms with Crippen LogP contribution in [0.2, 0.25) is 0 Å². The van der Waals surface area contributed by atoms with Gasteiger partial charge in [0, 0.05) is 46.6 Å². The second-order valence-corrected chi connectivity index (χ2v) is 20.0. The second-order valence-electron chi connectivity index (χ2n) is 20.0. The van der Waals surface area contributed by atoms with Gasteiger partial charge in [0.05, 0.1) is 30.7 Å². The lowest BCUT2D eigenvalue weighted by molar-refractivity contribution is -0.142. The number of amides is 8. The SMILES string of the molecule is CCC[C@H](NC(=O)C1CN(C(=O)OC(C)(C)C)CC1N(C)C(=O)[C@@H](NC(=O)[C@@H](NC(=O)c1cnccn1)C1CCCCC1)C(C)(C)C)C(O)C(=O)NCC(=O)N[C@H](C(=O)N(C)C)c1ccccc1. The van der Waals surface area contributed by atoms with Crippen molar-refractivity contribution in [1.82, 2.24) is 51.3 Å². The van der Waals surface area contributed by atoms with Gasteiger partial charge in [0.1, 0.15) is 29.4 Å². The zero-order valence-corrected chi connectivity index (χ0v) is 41.2. The van der Waals surface area contributed by atoms with Gasteiger partial charge >= 0.3 is 6.09 Å². The van der Waals surface area contributed by atoms with Crippen LogP contribution < -0.4 is 26.6 Å². The van der Waals surface area contributed by atoms with Crippen LogP contribution in [0.5, 0.6) is 0 Å². The number of ether oxygens (including phenoxy) is 1. The van der Waals surface area contributed by atoms with Gasteiger partial charge in [0.15, 0.2) is 6.10 Å². The molecular weight excluding hydrogens is 877 g/mol. The lowest BCUT2D eigenvalue weighted by Gasteiger charge is -2.38. The smallest absolute Gasteiger partial charge is 0.410 e. The Balaban J connectivity index is 1.54. The largest absolute Gasteiger partial charge is 0.444 e. The summed E-state index contributed by atoms with van der Waals surface area (Å²) in [5.74, 6) is -5.73. The lowest BCUT2D eigenvalue weighted by Crippen LogP contribution is -2.61. The summed E-state index contributed by atoms with van der Waals surface area (Å²) >= 11 is 0. The summed E-state index contributed by atoms with van der Waals surface area (Å²) in [6.07, 6.45) is 6.22. The molecule has 1 aliphatic heterocycles. The molecule has 1 saturated carbocycles. The van der Waals surface area contributed by atoms with Crippen LogP contribution in [0.4, 0.5) is 4.79 Å². The number of likely N-dealkylation sites (N-methyl/N-ethyl adjacent to an activating group) is 2. The molecule has 1 aromatic heterocycles. The third kappa shape index (κ3) is 15.2. The Morgan fingerprint density at radius 3 is 2.07 bits per heavy atom. The molecule has 1 aromatic carbocycles. The maximum Gasteiger partial charge on any atom is 0.410 e. The number of carbonyl (C=O) groups is 8. The molecule has 20 nitrogen and oxygen atoms in total. The fourth-order valence-electron chi connectivity index (χ4n) is 8.42. The molecule has 2 aromatic rings. The minimum atomic E-state index is -1.83. The van der Waals surface area contributed by atoms with Crippen LogP contribution in [0.25, 0.3) is 0 Å². The van der Waals surface area contributed by atoms with E-state index in [1.807, 2.05) is 0 Å². The van der Waals surface area contributed by atoms with Gasteiger partial charge in [-0.25, -0.2) is 9.78 Å². The van der Waals surface area contributed by atoms with Gasteiger partial charge in [-0.15, -0.1) is 0 Å². The quantitative estimate of drug-likeness (QED) is 0.126. The van der Waals surface area contributed by atoms with Gasteiger partial charge in [0.25, 0.3) is 11.8 Å². The van der Waals surface area contributed by atoms with Gasteiger partial charge < -0.3 is 51.1 Å². The highest BCUT2D eigenvalue weighted by molar-refractivity contribution is 5.97. The minimum Gasteiger partial charge on any atom is -0.444 e. The van der Waals surface area contributed by atoms with Gasteiger partial charge in [0.2, 0.25) is 29.5 Å². The first-order valence-electron chi connectivity index (χ1n) is 23.4. The number of aromatic nitrogens is 2. The first-order valence-corrected chi connectivity index (χ1v) is 23.4. The van der Waals surface area contributed by atoms with E-state index in [2.05, 4.69) is 36.6 Å². The second kappa shape index (κ2) is 24.2. The van der Waals surface area contributed by atoms with Crippen molar-refractivity contribution in [2.24, 2.45) is 17.3 Å². The number of aliphatic hydroxyl groups is 1. The highest BCUT2D eigenvalue weighted by Crippen LogP contribution is 2.30. The molecular formula is C48H72N10O10. The van der Waals surface area contributed by atoms with E-state index in [-0.39, 0.29) is 31.1 Å². The first-order chi connectivity index (χ1) is 31.9. The minimum absolute atomic E-state index is 0.0354. The van der Waals surface area contributed by atoms with E-state index < -0.39 is 107 Å². The van der Waals surface area contributed by atoms with Crippen molar-refractivity contribution in [2.75, 3.05) is 40.8 Å². The van der Waals surface area contributed by atoms with Gasteiger partial charge in [-0.1, -0.05) is 83.7 Å². The number of rotatable bonds is 18. The summed E-state index contributed by atoms with van der Waals surface area (Å²) in [7, 11) is 4.58. The summed E-state index contributed by atoms with van der Waals surface area (Å²) in [4.78, 5) is 122. The predicted octanol–water partition coefficient (Wildman–Crippen LogP) is 2.09. The number of benzene rings is 1. The van der Waals surface area contributed by atoms with Crippen LogP contribution >= 0.6 is 0 Å². The van der Waals surface area contributed by atoms with E-state index >= 15 is 0 Å². The molecule has 374 valence electrons. The van der Waals surface area contributed by atoms with Crippen molar-refractivity contribution in [3.05, 3.63) is 60.2 Å². The van der Waals surface area contributed by atoms with E-state index in [4.69, 9.17) is 4.74 Å². The molecule has 0 spiro atoms. The molecule has 68 heavy (non-hydrogen) atoms. The molecule has 2 aliphatic rings. The fourth-order valence-corrected chi connectivity index (χ4v) is 8.42. The maximum absolute atomic E-state index is 14.8. The number of nitrogens with zero attached hydrogens (tertiary/aromatic N) is 5. The van der Waals surface area contributed by atoms with Crippen molar-refractivity contribution in [2.45, 2.75) is 135 Å². The number of hydrogen-bond acceptors (Lipinski definition) is 12. The van der Waals surface area contributed by atoms with E-state index in [1.165, 1.54) is 40.3 Å². The summed E-state index contributed by atoms with van der Waals surface area (Å²) < 4.78 is 5.65. The molecule has 0 bridgehead atoms. The molecule has 2 fully saturated rings. The summed E-state index contributed by atoms with van der Waals surface area (Å²) in [5.41, 5.74) is -1.21. The maximum atomic E-state index is 14.8. The monoisotopic (exact) mass is 949 g/mol. The van der Waals surface area contributed by atoms with Crippen molar-refractivity contribution < 1.29 is 48.2 Å². The fraction of sp³-hybridized carbons (Fsp3) is 0.625. The Morgan fingerprint density at radius 2 is 1.50 bits per heavy atom. The highest BCUT2D eigenvalue weighted by atomic mass is 16.6. The Labute approximate surface area is 399 Å². The van der Waals surface area contributed by atoms with Gasteiger partial charge in [-0.05, 0) is 56.9 Å². The van der Waals surface area contributed by atoms with E-state index in [0.717, 1.165) is 19.3 Å². The number of carbonyl (C=O) groups excluding carboxylic acids is 8. The van der Waals surface area contributed by atoms with Crippen LogP contribution in [-0.4, -0.2) is 154 Å². The normalized spacial score (nSPS) is 18.7. The molecule has 7 atom stereocenters. The number of nitrogens with one attached hydrogen (secondary N) is 5. The predicted molar refractivity (Wildman–Crippen MR) is 251 cm³/mol. The van der Waals surface area contributed by atoms with Crippen LogP contribution in [0.15, 0.2) is 48.9 Å². The molecule has 6 N–H and O–H groups in total. The number of aliphatic hydroxyl groups excluding tert-OH is 1. The standard InChI is InChI=1S/C48H72N10O10/c1-11-18-32(38(60)43(64)51-26-35(59)53-37(44(65)56(8)9)30-21-16-13-17-22-30)52-40(61)31-27-58(46(67)68-48(5,6)7)28-34(31)57(10)45(66)39(47(2,3)4)55-42(63)36(29-19-14-12-15-20-29)54-41(62)33-25-49-23-24-50-33/h13,16-17,21-25,29,31-32,34,36-39,60H,11-12,14-15,18-20,26-28H2,1-10H3,(H,51,64)(H,52,61)(H,53,59)(H,54,62)(H,55,63)/t31?,32-,34?,36-,37-,38?,39+/m0/s1. The average molecular weight is 949 g/mol. The van der Waals surface area contributed by atoms with Crippen molar-refractivity contribution in [3.8, 4) is 0 Å². The third-order valence-corrected chi connectivity index (χ3v) is 12.1. The average Bonchev–Trinajstić information content (AvgIpc) is 3.76. The molecule has 2 heterocycles. The van der Waals surface area contributed by atoms with E-state index in [1.54, 1.807) is 92.9 Å². The zero-order valence-electron chi connectivity index (χ0n) is 41.2. The summed E-state index contributed by atoms with van der Waals surface area (Å²) in [6, 6.07) is 3.26. The zero-order chi connectivity index (χ0) is 50.5. The topological polar surface area (TPSA) is 262 Å². The van der Waals surface area contributed by atoms with Crippen LogP contribution in [0, 0.1) is 17.3 Å². The molecule has 4 rings (SSSR count). The number of likely N-dealkylation sites (tertiary alicyclic amines) is 1. The lowest BCUT2D eigenvalue weighted by atomic mass is 9.82. The Hall–Kier alpha value is -6.18. The van der Waals surface area contributed by atoms with Crippen molar-refractivity contribution in [1.29, 1.82) is 0 Å². The van der Waals surface area contributed by atoms with Crippen LogP contribution in [0.1, 0.15) is 116 Å². The number of hydrogen-bond donors (Lipinski definition) is 6. The van der Waals surface area contributed by atoms with Crippen LogP contribution in [0.3, 0.4) is 0 Å². The van der Waals surface area contributed by atoms with E-state index in [9.17, 15) is 43.5 Å². The third-order valence-electron chi connectivity index (χ3n) is 12.1. The molecule has 1 aliphatic carbocycles. The van der Waals surface area contributed by atoms with Crippen LogP contribution in [-0.2, 0) is 33.5 Å². The molecule has 20 heteroatoms. The Kier molecular flexibility index (Phi) is 19.4. The highest BCUT2D eigenvalue weighted by Gasteiger charge is 2.48. The molecule has 3 unspecified atom stereocenters. The Bertz CT molecular complexity index is 2070. The van der Waals surface area contributed by atoms with Crippen molar-refractivity contribution in [3.63, 3.8) is 0 Å². The Morgan fingerprint density at radius 1 is 0.838 bits per heavy atom. The first kappa shape index (κ1) is 54.4. The molecule has 0 radical (unpaired) electrons.